The van der Waals surface area contributed by atoms with Crippen LogP contribution in [0.2, 0.25) is 0 Å². The third-order valence-electron chi connectivity index (χ3n) is 6.43. The van der Waals surface area contributed by atoms with Crippen molar-refractivity contribution in [1.29, 1.82) is 0 Å². The van der Waals surface area contributed by atoms with E-state index in [1.807, 2.05) is 42.6 Å². The standard InChI is InChI=1S/C14H12N2O.C14H14N2/c17-16-14-11-5-2-1-4-10(11)7-8-13-12(14)6-3-9-15-13;15-14-11-5-2-1-4-10(11)7-8-13-12(14)6-3-9-16-13/h1-6,9,17H,7-8H2;1-6,9,14H,7-8,15H2. The van der Waals surface area contributed by atoms with Crippen molar-refractivity contribution in [2.24, 2.45) is 10.9 Å². The minimum absolute atomic E-state index is 0.0256. The summed E-state index contributed by atoms with van der Waals surface area (Å²) in [6.07, 6.45) is 7.46. The second-order valence-electron chi connectivity index (χ2n) is 8.32. The molecule has 3 N–H and O–H groups in total. The number of aryl methyl sites for hydroxylation is 4. The van der Waals surface area contributed by atoms with Crippen molar-refractivity contribution in [2.45, 2.75) is 31.7 Å². The number of nitrogens with two attached hydrogens (primary N) is 1. The first kappa shape index (κ1) is 21.0. The molecule has 0 saturated carbocycles. The summed E-state index contributed by atoms with van der Waals surface area (Å²) < 4.78 is 0. The lowest BCUT2D eigenvalue weighted by atomic mass is 9.97. The van der Waals surface area contributed by atoms with E-state index in [1.54, 1.807) is 6.20 Å². The molecule has 164 valence electrons. The Hall–Kier alpha value is -3.83. The molecule has 2 aliphatic carbocycles. The highest BCUT2D eigenvalue weighted by Crippen LogP contribution is 2.29. The second kappa shape index (κ2) is 9.35. The zero-order chi connectivity index (χ0) is 22.6. The fraction of sp³-hybridized carbons (Fsp3) is 0.179. The maximum Gasteiger partial charge on any atom is 0.119 e. The second-order valence-corrected chi connectivity index (χ2v) is 8.32. The van der Waals surface area contributed by atoms with Crippen molar-refractivity contribution in [1.82, 2.24) is 9.97 Å². The van der Waals surface area contributed by atoms with Crippen molar-refractivity contribution in [3.8, 4) is 0 Å². The minimum atomic E-state index is -0.0256. The molecule has 2 aromatic heterocycles. The Labute approximate surface area is 193 Å². The maximum atomic E-state index is 9.27. The van der Waals surface area contributed by atoms with E-state index in [1.165, 1.54) is 22.3 Å². The highest BCUT2D eigenvalue weighted by atomic mass is 16.4. The molecule has 5 heteroatoms. The van der Waals surface area contributed by atoms with Crippen molar-refractivity contribution < 1.29 is 5.21 Å². The van der Waals surface area contributed by atoms with E-state index in [4.69, 9.17) is 5.73 Å². The fourth-order valence-electron chi connectivity index (χ4n) is 4.76. The Morgan fingerprint density at radius 3 is 2.12 bits per heavy atom. The fourth-order valence-corrected chi connectivity index (χ4v) is 4.76. The SMILES string of the molecule is NC1c2ccccc2CCc2ncccc21.ON=C1c2ccccc2CCc2ncccc21. The van der Waals surface area contributed by atoms with Crippen molar-refractivity contribution in [3.63, 3.8) is 0 Å². The summed E-state index contributed by atoms with van der Waals surface area (Å²) in [5.74, 6) is 0. The normalized spacial score (nSPS) is 17.2. The number of fused-ring (bicyclic) bond motifs is 4. The number of aromatic nitrogens is 2. The van der Waals surface area contributed by atoms with Gasteiger partial charge in [0.05, 0.1) is 11.7 Å². The third kappa shape index (κ3) is 4.15. The van der Waals surface area contributed by atoms with Gasteiger partial charge < -0.3 is 10.9 Å². The number of oxime groups is 1. The predicted octanol–water partition coefficient (Wildman–Crippen LogP) is 4.64. The van der Waals surface area contributed by atoms with E-state index >= 15 is 0 Å². The zero-order valence-corrected chi connectivity index (χ0v) is 18.4. The molecule has 0 spiro atoms. The molecular formula is C28H26N4O. The van der Waals surface area contributed by atoms with Gasteiger partial charge in [-0.25, -0.2) is 0 Å². The number of nitrogens with zero attached hydrogens (tertiary/aromatic N) is 3. The zero-order valence-electron chi connectivity index (χ0n) is 18.4. The summed E-state index contributed by atoms with van der Waals surface area (Å²) in [6.45, 7) is 0. The molecule has 2 aromatic carbocycles. The number of hydrogen-bond donors (Lipinski definition) is 2. The van der Waals surface area contributed by atoms with Gasteiger partial charge in [0.15, 0.2) is 0 Å². The molecule has 1 atom stereocenters. The molecule has 5 nitrogen and oxygen atoms in total. The lowest BCUT2D eigenvalue weighted by molar-refractivity contribution is 0.319. The monoisotopic (exact) mass is 434 g/mol. The van der Waals surface area contributed by atoms with Crippen LogP contribution in [-0.4, -0.2) is 20.9 Å². The van der Waals surface area contributed by atoms with Crippen LogP contribution in [0, 0.1) is 0 Å². The van der Waals surface area contributed by atoms with E-state index in [0.29, 0.717) is 5.71 Å². The molecule has 0 aliphatic heterocycles. The first-order valence-corrected chi connectivity index (χ1v) is 11.3. The summed E-state index contributed by atoms with van der Waals surface area (Å²) in [4.78, 5) is 8.80. The van der Waals surface area contributed by atoms with Gasteiger partial charge in [0.25, 0.3) is 0 Å². The number of pyridine rings is 2. The minimum Gasteiger partial charge on any atom is -0.410 e. The summed E-state index contributed by atoms with van der Waals surface area (Å²) >= 11 is 0. The van der Waals surface area contributed by atoms with Gasteiger partial charge in [0, 0.05) is 29.2 Å². The van der Waals surface area contributed by atoms with Crippen molar-refractivity contribution in [2.75, 3.05) is 0 Å². The Bertz CT molecular complexity index is 1220. The summed E-state index contributed by atoms with van der Waals surface area (Å²) in [7, 11) is 0. The largest absolute Gasteiger partial charge is 0.410 e. The average molecular weight is 435 g/mol. The molecule has 6 rings (SSSR count). The van der Waals surface area contributed by atoms with Gasteiger partial charge in [-0.15, -0.1) is 0 Å². The van der Waals surface area contributed by atoms with Crippen LogP contribution < -0.4 is 5.73 Å². The highest BCUT2D eigenvalue weighted by Gasteiger charge is 2.21. The number of hydrogen-bond acceptors (Lipinski definition) is 5. The van der Waals surface area contributed by atoms with Gasteiger partial charge in [-0.1, -0.05) is 59.8 Å². The molecule has 33 heavy (non-hydrogen) atoms. The Balaban J connectivity index is 0.000000139. The Kier molecular flexibility index (Phi) is 5.96. The predicted molar refractivity (Wildman–Crippen MR) is 130 cm³/mol. The molecule has 4 aromatic rings. The Morgan fingerprint density at radius 2 is 1.27 bits per heavy atom. The van der Waals surface area contributed by atoms with Gasteiger partial charge in [0.1, 0.15) is 5.71 Å². The molecule has 0 amide bonds. The smallest absolute Gasteiger partial charge is 0.119 e. The van der Waals surface area contributed by atoms with E-state index < -0.39 is 0 Å². The van der Waals surface area contributed by atoms with Crippen LogP contribution in [0.15, 0.2) is 90.3 Å². The van der Waals surface area contributed by atoms with Crippen LogP contribution in [-0.2, 0) is 25.7 Å². The summed E-state index contributed by atoms with van der Waals surface area (Å²) in [5, 5.41) is 12.7. The van der Waals surface area contributed by atoms with Gasteiger partial charge in [0.2, 0.25) is 0 Å². The summed E-state index contributed by atoms with van der Waals surface area (Å²) in [5.41, 5.74) is 16.0. The lowest BCUT2D eigenvalue weighted by Gasteiger charge is -2.14. The van der Waals surface area contributed by atoms with Crippen LogP contribution in [0.25, 0.3) is 0 Å². The number of benzene rings is 2. The molecule has 0 bridgehead atoms. The first-order chi connectivity index (χ1) is 16.3. The molecule has 0 saturated heterocycles. The molecular weight excluding hydrogens is 408 g/mol. The van der Waals surface area contributed by atoms with Crippen LogP contribution in [0.1, 0.15) is 50.8 Å². The van der Waals surface area contributed by atoms with Crippen LogP contribution in [0.5, 0.6) is 0 Å². The van der Waals surface area contributed by atoms with Gasteiger partial charge >= 0.3 is 0 Å². The molecule has 2 heterocycles. The molecule has 0 radical (unpaired) electrons. The van der Waals surface area contributed by atoms with Crippen molar-refractivity contribution in [3.05, 3.63) is 130 Å². The summed E-state index contributed by atoms with van der Waals surface area (Å²) in [6, 6.07) is 24.3. The van der Waals surface area contributed by atoms with Crippen LogP contribution in [0.3, 0.4) is 0 Å². The van der Waals surface area contributed by atoms with E-state index in [2.05, 4.69) is 51.5 Å². The molecule has 0 fully saturated rings. The maximum absolute atomic E-state index is 9.27. The van der Waals surface area contributed by atoms with E-state index in [-0.39, 0.29) is 6.04 Å². The molecule has 1 unspecified atom stereocenters. The van der Waals surface area contributed by atoms with E-state index in [9.17, 15) is 5.21 Å². The van der Waals surface area contributed by atoms with Crippen LogP contribution >= 0.6 is 0 Å². The topological polar surface area (TPSA) is 84.4 Å². The lowest BCUT2D eigenvalue weighted by Crippen LogP contribution is -2.13. The third-order valence-corrected chi connectivity index (χ3v) is 6.43. The Morgan fingerprint density at radius 1 is 0.667 bits per heavy atom. The molecule has 2 aliphatic rings. The van der Waals surface area contributed by atoms with Gasteiger partial charge in [-0.05, 0) is 66.1 Å². The average Bonchev–Trinajstić information content (AvgIpc) is 3.13. The number of rotatable bonds is 0. The highest BCUT2D eigenvalue weighted by molar-refractivity contribution is 6.14. The van der Waals surface area contributed by atoms with E-state index in [0.717, 1.165) is 48.2 Å². The van der Waals surface area contributed by atoms with Crippen molar-refractivity contribution >= 4 is 5.71 Å². The quantitative estimate of drug-likeness (QED) is 0.312. The van der Waals surface area contributed by atoms with Gasteiger partial charge in [-0.3, -0.25) is 9.97 Å². The van der Waals surface area contributed by atoms with Gasteiger partial charge in [-0.2, -0.15) is 0 Å². The first-order valence-electron chi connectivity index (χ1n) is 11.3. The van der Waals surface area contributed by atoms with Crippen LogP contribution in [0.4, 0.5) is 0 Å².